The van der Waals surface area contributed by atoms with Crippen LogP contribution in [0.4, 0.5) is 0 Å². The highest BCUT2D eigenvalue weighted by Gasteiger charge is 2.17. The molecule has 0 fully saturated rings. The largest absolute Gasteiger partial charge is 0.350 e. The van der Waals surface area contributed by atoms with Crippen LogP contribution in [0.1, 0.15) is 52.9 Å². The lowest BCUT2D eigenvalue weighted by molar-refractivity contribution is -0.135. The molecule has 0 unspecified atom stereocenters. The van der Waals surface area contributed by atoms with Crippen molar-refractivity contribution in [3.63, 3.8) is 0 Å². The van der Waals surface area contributed by atoms with Crippen LogP contribution in [0.15, 0.2) is 0 Å². The predicted octanol–water partition coefficient (Wildman–Crippen LogP) is 1.69. The van der Waals surface area contributed by atoms with Gasteiger partial charge in [0, 0.05) is 19.0 Å². The molecule has 0 spiro atoms. The van der Waals surface area contributed by atoms with Crippen LogP contribution in [-0.4, -0.2) is 42.4 Å². The Morgan fingerprint density at radius 2 is 1.65 bits per heavy atom. The first kappa shape index (κ1) is 21.5. The first-order chi connectivity index (χ1) is 8.76. The number of rotatable bonds is 8. The molecule has 0 aromatic carbocycles. The van der Waals surface area contributed by atoms with Gasteiger partial charge in [-0.2, -0.15) is 0 Å². The van der Waals surface area contributed by atoms with Gasteiger partial charge in [0.25, 0.3) is 0 Å². The third-order valence-corrected chi connectivity index (χ3v) is 2.67. The van der Waals surface area contributed by atoms with E-state index < -0.39 is 0 Å². The van der Waals surface area contributed by atoms with Crippen LogP contribution in [-0.2, 0) is 9.59 Å². The standard InChI is InChI=1S/C14H29N3O2.ClH/c1-14(2,3)16-12(18)11-17(4)13(19)9-7-5-6-8-10-15;/h5-11,15H2,1-4H3,(H,16,18);1H. The number of carbonyl (C=O) groups is 2. The van der Waals surface area contributed by atoms with Crippen LogP contribution >= 0.6 is 12.4 Å². The Morgan fingerprint density at radius 1 is 1.10 bits per heavy atom. The second kappa shape index (κ2) is 10.9. The number of likely N-dealkylation sites (N-methyl/N-ethyl adjacent to an activating group) is 1. The van der Waals surface area contributed by atoms with Crippen LogP contribution < -0.4 is 11.1 Å². The van der Waals surface area contributed by atoms with Crippen LogP contribution in [0.5, 0.6) is 0 Å². The molecule has 0 rings (SSSR count). The minimum atomic E-state index is -0.261. The summed E-state index contributed by atoms with van der Waals surface area (Å²) in [5.41, 5.74) is 5.14. The van der Waals surface area contributed by atoms with Crippen molar-refractivity contribution in [3.8, 4) is 0 Å². The monoisotopic (exact) mass is 307 g/mol. The topological polar surface area (TPSA) is 75.4 Å². The fourth-order valence-electron chi connectivity index (χ4n) is 1.73. The van der Waals surface area contributed by atoms with Gasteiger partial charge in [0.05, 0.1) is 6.54 Å². The summed E-state index contributed by atoms with van der Waals surface area (Å²) in [7, 11) is 1.67. The lowest BCUT2D eigenvalue weighted by atomic mass is 10.1. The third kappa shape index (κ3) is 12.2. The molecule has 0 atom stereocenters. The van der Waals surface area contributed by atoms with Crippen LogP contribution in [0, 0.1) is 0 Å². The summed E-state index contributed by atoms with van der Waals surface area (Å²) in [6.45, 7) is 6.60. The van der Waals surface area contributed by atoms with E-state index in [4.69, 9.17) is 5.73 Å². The fraction of sp³-hybridized carbons (Fsp3) is 0.857. The molecular weight excluding hydrogens is 278 g/mol. The van der Waals surface area contributed by atoms with Crippen molar-refractivity contribution in [1.82, 2.24) is 10.2 Å². The molecule has 0 heterocycles. The molecule has 0 bridgehead atoms. The van der Waals surface area contributed by atoms with E-state index in [2.05, 4.69) is 5.32 Å². The van der Waals surface area contributed by atoms with E-state index in [0.29, 0.717) is 13.0 Å². The van der Waals surface area contributed by atoms with E-state index in [1.165, 1.54) is 4.90 Å². The van der Waals surface area contributed by atoms with Crippen molar-refractivity contribution in [2.24, 2.45) is 5.73 Å². The molecule has 0 aliphatic carbocycles. The molecular formula is C14H30ClN3O2. The maximum atomic E-state index is 11.8. The van der Waals surface area contributed by atoms with Gasteiger partial charge < -0.3 is 16.0 Å². The summed E-state index contributed by atoms with van der Waals surface area (Å²) in [6.07, 6.45) is 4.47. The average Bonchev–Trinajstić information content (AvgIpc) is 2.25. The van der Waals surface area contributed by atoms with E-state index >= 15 is 0 Å². The minimum Gasteiger partial charge on any atom is -0.350 e. The number of unbranched alkanes of at least 4 members (excludes halogenated alkanes) is 3. The molecule has 0 saturated heterocycles. The number of amides is 2. The molecule has 6 heteroatoms. The molecule has 0 radical (unpaired) electrons. The van der Waals surface area contributed by atoms with E-state index in [9.17, 15) is 9.59 Å². The molecule has 0 aromatic rings. The molecule has 0 aliphatic heterocycles. The van der Waals surface area contributed by atoms with Crippen molar-refractivity contribution in [2.75, 3.05) is 20.1 Å². The molecule has 0 saturated carbocycles. The Morgan fingerprint density at radius 3 is 2.15 bits per heavy atom. The van der Waals surface area contributed by atoms with Crippen molar-refractivity contribution < 1.29 is 9.59 Å². The number of halogens is 1. The number of carbonyl (C=O) groups excluding carboxylic acids is 2. The van der Waals surface area contributed by atoms with Gasteiger partial charge in [-0.15, -0.1) is 12.4 Å². The summed E-state index contributed by atoms with van der Waals surface area (Å²) >= 11 is 0. The highest BCUT2D eigenvalue weighted by Crippen LogP contribution is 2.04. The zero-order chi connectivity index (χ0) is 14.9. The SMILES string of the molecule is CN(CC(=O)NC(C)(C)C)C(=O)CCCCCCN.Cl. The van der Waals surface area contributed by atoms with Crippen LogP contribution in [0.25, 0.3) is 0 Å². The van der Waals surface area contributed by atoms with Crippen LogP contribution in [0.3, 0.4) is 0 Å². The third-order valence-electron chi connectivity index (χ3n) is 2.67. The maximum absolute atomic E-state index is 11.8. The van der Waals surface area contributed by atoms with E-state index in [0.717, 1.165) is 25.7 Å². The second-order valence-electron chi connectivity index (χ2n) is 6.00. The zero-order valence-electron chi connectivity index (χ0n) is 13.2. The maximum Gasteiger partial charge on any atom is 0.240 e. The number of nitrogens with zero attached hydrogens (tertiary/aromatic N) is 1. The van der Waals surface area contributed by atoms with Gasteiger partial charge in [0.15, 0.2) is 0 Å². The summed E-state index contributed by atoms with van der Waals surface area (Å²) < 4.78 is 0. The van der Waals surface area contributed by atoms with Crippen molar-refractivity contribution in [3.05, 3.63) is 0 Å². The molecule has 0 aliphatic rings. The Bertz CT molecular complexity index is 291. The Kier molecular flexibility index (Phi) is 11.7. The lowest BCUT2D eigenvalue weighted by Crippen LogP contribution is -2.46. The fourth-order valence-corrected chi connectivity index (χ4v) is 1.73. The average molecular weight is 308 g/mol. The molecule has 3 N–H and O–H groups in total. The van der Waals surface area contributed by atoms with Gasteiger partial charge in [-0.25, -0.2) is 0 Å². The van der Waals surface area contributed by atoms with Gasteiger partial charge in [-0.3, -0.25) is 9.59 Å². The van der Waals surface area contributed by atoms with E-state index in [1.807, 2.05) is 20.8 Å². The smallest absolute Gasteiger partial charge is 0.240 e. The molecule has 5 nitrogen and oxygen atoms in total. The lowest BCUT2D eigenvalue weighted by Gasteiger charge is -2.23. The Balaban J connectivity index is 0. The first-order valence-corrected chi connectivity index (χ1v) is 7.01. The summed E-state index contributed by atoms with van der Waals surface area (Å²) in [5.74, 6) is -0.0942. The Labute approximate surface area is 129 Å². The number of hydrogen-bond acceptors (Lipinski definition) is 3. The van der Waals surface area contributed by atoms with Gasteiger partial charge >= 0.3 is 0 Å². The van der Waals surface area contributed by atoms with E-state index in [-0.39, 0.29) is 36.3 Å². The number of nitrogens with one attached hydrogen (secondary N) is 1. The highest BCUT2D eigenvalue weighted by molar-refractivity contribution is 5.85. The zero-order valence-corrected chi connectivity index (χ0v) is 14.0. The van der Waals surface area contributed by atoms with Gasteiger partial charge in [-0.05, 0) is 40.2 Å². The molecule has 0 aromatic heterocycles. The normalized spacial score (nSPS) is 10.7. The second-order valence-corrected chi connectivity index (χ2v) is 6.00. The van der Waals surface area contributed by atoms with Crippen LogP contribution in [0.2, 0.25) is 0 Å². The number of nitrogens with two attached hydrogens (primary N) is 1. The minimum absolute atomic E-state index is 0. The van der Waals surface area contributed by atoms with Gasteiger partial charge in [-0.1, -0.05) is 12.8 Å². The molecule has 2 amide bonds. The van der Waals surface area contributed by atoms with Crippen molar-refractivity contribution >= 4 is 24.2 Å². The summed E-state index contributed by atoms with van der Waals surface area (Å²) in [5, 5.41) is 2.84. The van der Waals surface area contributed by atoms with Gasteiger partial charge in [0.1, 0.15) is 0 Å². The molecule has 20 heavy (non-hydrogen) atoms. The quantitative estimate of drug-likeness (QED) is 0.670. The van der Waals surface area contributed by atoms with Gasteiger partial charge in [0.2, 0.25) is 11.8 Å². The van der Waals surface area contributed by atoms with E-state index in [1.54, 1.807) is 7.05 Å². The highest BCUT2D eigenvalue weighted by atomic mass is 35.5. The Hall–Kier alpha value is -0.810. The number of hydrogen-bond donors (Lipinski definition) is 2. The van der Waals surface area contributed by atoms with Crippen molar-refractivity contribution in [2.45, 2.75) is 58.4 Å². The van der Waals surface area contributed by atoms with Crippen molar-refractivity contribution in [1.29, 1.82) is 0 Å². The predicted molar refractivity (Wildman–Crippen MR) is 84.9 cm³/mol. The molecule has 120 valence electrons. The first-order valence-electron chi connectivity index (χ1n) is 7.01. The summed E-state index contributed by atoms with van der Waals surface area (Å²) in [6, 6.07) is 0. The summed E-state index contributed by atoms with van der Waals surface area (Å²) in [4.78, 5) is 25.0.